The zero-order chi connectivity index (χ0) is 15.4. The molecule has 1 heterocycles. The highest BCUT2D eigenvalue weighted by Gasteiger charge is 2.34. The number of rotatable bonds is 1. The summed E-state index contributed by atoms with van der Waals surface area (Å²) in [5.41, 5.74) is -0.516. The highest BCUT2D eigenvalue weighted by Crippen LogP contribution is 2.25. The van der Waals surface area contributed by atoms with Gasteiger partial charge in [-0.05, 0) is 32.2 Å². The van der Waals surface area contributed by atoms with Gasteiger partial charge in [0.25, 0.3) is 6.47 Å². The first-order chi connectivity index (χ1) is 9.46. The van der Waals surface area contributed by atoms with Crippen LogP contribution < -0.4 is 5.32 Å². The third-order valence-electron chi connectivity index (χ3n) is 4.01. The molecule has 1 atom stereocenters. The van der Waals surface area contributed by atoms with Crippen molar-refractivity contribution in [2.24, 2.45) is 11.3 Å². The molecule has 3 N–H and O–H groups in total. The predicted molar refractivity (Wildman–Crippen MR) is 78.8 cm³/mol. The van der Waals surface area contributed by atoms with Crippen molar-refractivity contribution in [2.75, 3.05) is 13.1 Å². The van der Waals surface area contributed by atoms with Gasteiger partial charge in [0.15, 0.2) is 0 Å². The molecule has 0 spiro atoms. The van der Waals surface area contributed by atoms with Gasteiger partial charge in [0.1, 0.15) is 0 Å². The molecule has 2 fully saturated rings. The highest BCUT2D eigenvalue weighted by molar-refractivity contribution is 5.74. The van der Waals surface area contributed by atoms with Gasteiger partial charge in [0.05, 0.1) is 5.41 Å². The minimum absolute atomic E-state index is 0.250. The highest BCUT2D eigenvalue weighted by atomic mass is 16.4. The quantitative estimate of drug-likeness (QED) is 0.646. The van der Waals surface area contributed by atoms with Gasteiger partial charge in [-0.25, -0.2) is 0 Å². The van der Waals surface area contributed by atoms with Crippen molar-refractivity contribution >= 4 is 12.4 Å². The number of nitrogens with one attached hydrogen (secondary N) is 1. The molecular weight excluding hydrogens is 258 g/mol. The van der Waals surface area contributed by atoms with E-state index in [1.54, 1.807) is 6.92 Å². The van der Waals surface area contributed by atoms with Crippen molar-refractivity contribution in [1.29, 1.82) is 0 Å². The lowest BCUT2D eigenvalue weighted by Crippen LogP contribution is -2.43. The maximum atomic E-state index is 10.6. The fourth-order valence-corrected chi connectivity index (χ4v) is 2.55. The van der Waals surface area contributed by atoms with Crippen molar-refractivity contribution < 1.29 is 19.8 Å². The van der Waals surface area contributed by atoms with Crippen LogP contribution in [0.4, 0.5) is 0 Å². The Kier molecular flexibility index (Phi) is 10.1. The predicted octanol–water partition coefficient (Wildman–Crippen LogP) is 2.75. The van der Waals surface area contributed by atoms with Crippen LogP contribution in [0.2, 0.25) is 0 Å². The monoisotopic (exact) mass is 287 g/mol. The van der Waals surface area contributed by atoms with Crippen molar-refractivity contribution in [3.63, 3.8) is 0 Å². The second-order valence-electron chi connectivity index (χ2n) is 5.99. The van der Waals surface area contributed by atoms with E-state index in [1.165, 1.54) is 32.1 Å². The molecule has 0 amide bonds. The van der Waals surface area contributed by atoms with E-state index in [-0.39, 0.29) is 6.47 Å². The van der Waals surface area contributed by atoms with E-state index in [1.807, 2.05) is 0 Å². The molecule has 1 saturated carbocycles. The fraction of sp³-hybridized carbons (Fsp3) is 0.867. The largest absolute Gasteiger partial charge is 0.483 e. The minimum atomic E-state index is -0.681. The Labute approximate surface area is 121 Å². The van der Waals surface area contributed by atoms with Crippen LogP contribution in [0.1, 0.15) is 58.8 Å². The summed E-state index contributed by atoms with van der Waals surface area (Å²) in [6.45, 7) is 5.48. The number of carbonyl (C=O) groups is 2. The third kappa shape index (κ3) is 8.15. The van der Waals surface area contributed by atoms with Crippen LogP contribution in [-0.4, -0.2) is 35.7 Å². The summed E-state index contributed by atoms with van der Waals surface area (Å²) in [4.78, 5) is 19.0. The number of carboxylic acids is 1. The number of carboxylic acid groups (broad SMARTS) is 2. The lowest BCUT2D eigenvalue weighted by atomic mass is 9.83. The summed E-state index contributed by atoms with van der Waals surface area (Å²) in [7, 11) is 0. The molecule has 5 nitrogen and oxygen atoms in total. The normalized spacial score (nSPS) is 26.3. The number of hydrogen-bond donors (Lipinski definition) is 3. The van der Waals surface area contributed by atoms with E-state index in [0.29, 0.717) is 6.54 Å². The summed E-state index contributed by atoms with van der Waals surface area (Å²) in [5.74, 6) is 0.355. The average molecular weight is 287 g/mol. The molecule has 0 radical (unpaired) electrons. The molecule has 0 bridgehead atoms. The van der Waals surface area contributed by atoms with Gasteiger partial charge in [-0.3, -0.25) is 9.59 Å². The van der Waals surface area contributed by atoms with E-state index < -0.39 is 11.4 Å². The number of hydrogen-bond acceptors (Lipinski definition) is 3. The van der Waals surface area contributed by atoms with Crippen LogP contribution in [0, 0.1) is 11.3 Å². The van der Waals surface area contributed by atoms with Gasteiger partial charge in [0.2, 0.25) is 0 Å². The lowest BCUT2D eigenvalue weighted by molar-refractivity contribution is -0.148. The molecule has 1 aliphatic carbocycles. The number of aliphatic carboxylic acids is 1. The topological polar surface area (TPSA) is 86.6 Å². The van der Waals surface area contributed by atoms with Crippen LogP contribution in [0.15, 0.2) is 0 Å². The zero-order valence-corrected chi connectivity index (χ0v) is 12.7. The molecule has 118 valence electrons. The summed E-state index contributed by atoms with van der Waals surface area (Å²) in [5, 5.41) is 18.7. The summed E-state index contributed by atoms with van der Waals surface area (Å²) < 4.78 is 0. The van der Waals surface area contributed by atoms with Crippen LogP contribution in [-0.2, 0) is 9.59 Å². The first kappa shape index (κ1) is 18.9. The van der Waals surface area contributed by atoms with Crippen molar-refractivity contribution in [3.05, 3.63) is 0 Å². The average Bonchev–Trinajstić information content (AvgIpc) is 2.42. The maximum absolute atomic E-state index is 10.6. The zero-order valence-electron chi connectivity index (χ0n) is 12.7. The second kappa shape index (κ2) is 10.7. The second-order valence-corrected chi connectivity index (χ2v) is 5.99. The maximum Gasteiger partial charge on any atom is 0.310 e. The Balaban J connectivity index is 0.000000315. The van der Waals surface area contributed by atoms with Crippen LogP contribution >= 0.6 is 0 Å². The molecule has 1 unspecified atom stereocenters. The fourth-order valence-electron chi connectivity index (χ4n) is 2.55. The molecule has 20 heavy (non-hydrogen) atoms. The van der Waals surface area contributed by atoms with E-state index >= 15 is 0 Å². The van der Waals surface area contributed by atoms with E-state index in [0.717, 1.165) is 25.3 Å². The van der Waals surface area contributed by atoms with Gasteiger partial charge in [-0.15, -0.1) is 0 Å². The summed E-state index contributed by atoms with van der Waals surface area (Å²) in [6, 6.07) is 0. The number of piperidine rings is 1. The Bertz CT molecular complexity index is 269. The van der Waals surface area contributed by atoms with Crippen molar-refractivity contribution in [1.82, 2.24) is 5.32 Å². The summed E-state index contributed by atoms with van der Waals surface area (Å²) in [6.07, 6.45) is 9.21. The van der Waals surface area contributed by atoms with E-state index in [9.17, 15) is 4.79 Å². The Morgan fingerprint density at radius 3 is 2.05 bits per heavy atom. The van der Waals surface area contributed by atoms with Gasteiger partial charge >= 0.3 is 5.97 Å². The first-order valence-electron chi connectivity index (χ1n) is 7.48. The van der Waals surface area contributed by atoms with Crippen LogP contribution in [0.25, 0.3) is 0 Å². The molecule has 2 rings (SSSR count). The van der Waals surface area contributed by atoms with Gasteiger partial charge in [-0.1, -0.05) is 39.0 Å². The van der Waals surface area contributed by atoms with Crippen LogP contribution in [0.3, 0.4) is 0 Å². The Morgan fingerprint density at radius 2 is 1.80 bits per heavy atom. The van der Waals surface area contributed by atoms with E-state index in [2.05, 4.69) is 12.2 Å². The third-order valence-corrected chi connectivity index (χ3v) is 4.01. The molecule has 5 heteroatoms. The SMILES string of the molecule is CC1(C(=O)O)CCCNC1.CC1CCCCC1.O=CO. The van der Waals surface area contributed by atoms with Gasteiger partial charge < -0.3 is 15.5 Å². The lowest BCUT2D eigenvalue weighted by Gasteiger charge is -2.29. The first-order valence-corrected chi connectivity index (χ1v) is 7.48. The Hall–Kier alpha value is -1.10. The minimum Gasteiger partial charge on any atom is -0.483 e. The van der Waals surface area contributed by atoms with Gasteiger partial charge in [0, 0.05) is 6.54 Å². The molecule has 1 aliphatic heterocycles. The van der Waals surface area contributed by atoms with Crippen molar-refractivity contribution in [3.8, 4) is 0 Å². The standard InChI is InChI=1S/C7H13NO2.C7H14.CH2O2/c1-7(6(9)10)3-2-4-8-5-7;1-7-5-3-2-4-6-7;2-1-3/h8H,2-5H2,1H3,(H,9,10);7H,2-6H2,1H3;1H,(H,2,3). The molecular formula is C15H29NO4. The van der Waals surface area contributed by atoms with Crippen molar-refractivity contribution in [2.45, 2.75) is 58.8 Å². The summed E-state index contributed by atoms with van der Waals surface area (Å²) >= 11 is 0. The molecule has 1 saturated heterocycles. The molecule has 0 aromatic rings. The van der Waals surface area contributed by atoms with Gasteiger partial charge in [-0.2, -0.15) is 0 Å². The molecule has 0 aromatic heterocycles. The molecule has 2 aliphatic rings. The Morgan fingerprint density at radius 1 is 1.25 bits per heavy atom. The molecule has 0 aromatic carbocycles. The van der Waals surface area contributed by atoms with Crippen LogP contribution in [0.5, 0.6) is 0 Å². The van der Waals surface area contributed by atoms with E-state index in [4.69, 9.17) is 15.0 Å². The smallest absolute Gasteiger partial charge is 0.310 e.